The minimum atomic E-state index is 0.00389. The van der Waals surface area contributed by atoms with Crippen LogP contribution >= 0.6 is 0 Å². The van der Waals surface area contributed by atoms with E-state index in [0.717, 1.165) is 17.9 Å². The van der Waals surface area contributed by atoms with E-state index in [1.165, 1.54) is 0 Å². The van der Waals surface area contributed by atoms with Gasteiger partial charge in [0.15, 0.2) is 0 Å². The molecule has 1 unspecified atom stereocenters. The molecule has 1 aromatic carbocycles. The SMILES string of the molecule is COc1ccc(C#N)cc1CN1CCOCC1CO. The molecule has 0 radical (unpaired) electrons. The Morgan fingerprint density at radius 2 is 2.42 bits per heavy atom. The molecule has 0 amide bonds. The van der Waals surface area contributed by atoms with Gasteiger partial charge < -0.3 is 14.6 Å². The van der Waals surface area contributed by atoms with E-state index in [0.29, 0.717) is 25.3 Å². The van der Waals surface area contributed by atoms with Gasteiger partial charge in [0.1, 0.15) is 5.75 Å². The average Bonchev–Trinajstić information content (AvgIpc) is 2.47. The van der Waals surface area contributed by atoms with Crippen molar-refractivity contribution in [3.8, 4) is 11.8 Å². The molecule has 1 atom stereocenters. The monoisotopic (exact) mass is 262 g/mol. The van der Waals surface area contributed by atoms with Gasteiger partial charge in [0, 0.05) is 18.7 Å². The highest BCUT2D eigenvalue weighted by molar-refractivity contribution is 5.42. The molecule has 0 bridgehead atoms. The lowest BCUT2D eigenvalue weighted by atomic mass is 10.1. The number of benzene rings is 1. The highest BCUT2D eigenvalue weighted by atomic mass is 16.5. The number of morpholine rings is 1. The van der Waals surface area contributed by atoms with E-state index < -0.39 is 0 Å². The number of aliphatic hydroxyl groups is 1. The second-order valence-corrected chi connectivity index (χ2v) is 4.52. The van der Waals surface area contributed by atoms with Crippen molar-refractivity contribution in [3.63, 3.8) is 0 Å². The van der Waals surface area contributed by atoms with Gasteiger partial charge in [-0.25, -0.2) is 0 Å². The number of hydrogen-bond acceptors (Lipinski definition) is 5. The molecule has 1 aromatic rings. The van der Waals surface area contributed by atoms with Crippen molar-refractivity contribution in [2.75, 3.05) is 33.5 Å². The summed E-state index contributed by atoms with van der Waals surface area (Å²) < 4.78 is 10.7. The van der Waals surface area contributed by atoms with Crippen LogP contribution in [0, 0.1) is 11.3 Å². The van der Waals surface area contributed by atoms with E-state index in [4.69, 9.17) is 14.7 Å². The molecule has 1 fully saturated rings. The second-order valence-electron chi connectivity index (χ2n) is 4.52. The molecule has 0 aliphatic carbocycles. The molecule has 102 valence electrons. The van der Waals surface area contributed by atoms with Crippen molar-refractivity contribution in [2.45, 2.75) is 12.6 Å². The lowest BCUT2D eigenvalue weighted by Gasteiger charge is -2.34. The van der Waals surface area contributed by atoms with Crippen LogP contribution in [-0.2, 0) is 11.3 Å². The summed E-state index contributed by atoms with van der Waals surface area (Å²) in [6.07, 6.45) is 0. The molecule has 5 heteroatoms. The van der Waals surface area contributed by atoms with E-state index in [2.05, 4.69) is 11.0 Å². The van der Waals surface area contributed by atoms with Gasteiger partial charge >= 0.3 is 0 Å². The zero-order valence-corrected chi connectivity index (χ0v) is 11.0. The van der Waals surface area contributed by atoms with Crippen LogP contribution in [0.15, 0.2) is 18.2 Å². The van der Waals surface area contributed by atoms with Crippen molar-refractivity contribution in [1.29, 1.82) is 5.26 Å². The van der Waals surface area contributed by atoms with Gasteiger partial charge in [-0.3, -0.25) is 4.90 Å². The zero-order chi connectivity index (χ0) is 13.7. The number of ether oxygens (including phenoxy) is 2. The number of nitriles is 1. The number of aliphatic hydroxyl groups excluding tert-OH is 1. The van der Waals surface area contributed by atoms with Crippen molar-refractivity contribution < 1.29 is 14.6 Å². The fourth-order valence-electron chi connectivity index (χ4n) is 2.26. The van der Waals surface area contributed by atoms with E-state index in [1.54, 1.807) is 13.2 Å². The van der Waals surface area contributed by atoms with Crippen LogP contribution in [0.5, 0.6) is 5.75 Å². The first kappa shape index (κ1) is 13.8. The molecule has 1 N–H and O–H groups in total. The summed E-state index contributed by atoms with van der Waals surface area (Å²) in [7, 11) is 1.62. The smallest absolute Gasteiger partial charge is 0.123 e. The van der Waals surface area contributed by atoms with Gasteiger partial charge in [0.05, 0.1) is 44.6 Å². The minimum absolute atomic E-state index is 0.00389. The highest BCUT2D eigenvalue weighted by Crippen LogP contribution is 2.23. The van der Waals surface area contributed by atoms with Gasteiger partial charge in [-0.15, -0.1) is 0 Å². The molecule has 1 aliphatic rings. The fraction of sp³-hybridized carbons (Fsp3) is 0.500. The summed E-state index contributed by atoms with van der Waals surface area (Å²) in [5.74, 6) is 0.766. The number of hydrogen-bond donors (Lipinski definition) is 1. The maximum Gasteiger partial charge on any atom is 0.123 e. The molecule has 2 rings (SSSR count). The molecule has 1 saturated heterocycles. The van der Waals surface area contributed by atoms with E-state index in [9.17, 15) is 5.11 Å². The maximum atomic E-state index is 9.36. The van der Waals surface area contributed by atoms with Crippen LogP contribution in [0.1, 0.15) is 11.1 Å². The summed E-state index contributed by atoms with van der Waals surface area (Å²) >= 11 is 0. The Hall–Kier alpha value is -1.61. The zero-order valence-electron chi connectivity index (χ0n) is 11.0. The Kier molecular flexibility index (Phi) is 4.74. The molecule has 0 aromatic heterocycles. The Morgan fingerprint density at radius 3 is 3.11 bits per heavy atom. The summed E-state index contributed by atoms with van der Waals surface area (Å²) in [4.78, 5) is 2.16. The lowest BCUT2D eigenvalue weighted by molar-refractivity contribution is -0.0314. The lowest BCUT2D eigenvalue weighted by Crippen LogP contribution is -2.46. The average molecular weight is 262 g/mol. The molecular weight excluding hydrogens is 244 g/mol. The predicted molar refractivity (Wildman–Crippen MR) is 69.8 cm³/mol. The first-order valence-corrected chi connectivity index (χ1v) is 6.28. The molecule has 0 spiro atoms. The number of nitrogens with zero attached hydrogens (tertiary/aromatic N) is 2. The normalized spacial score (nSPS) is 19.9. The first-order valence-electron chi connectivity index (χ1n) is 6.28. The Morgan fingerprint density at radius 1 is 1.58 bits per heavy atom. The van der Waals surface area contributed by atoms with Crippen LogP contribution in [0.4, 0.5) is 0 Å². The van der Waals surface area contributed by atoms with Crippen molar-refractivity contribution in [3.05, 3.63) is 29.3 Å². The highest BCUT2D eigenvalue weighted by Gasteiger charge is 2.23. The molecule has 5 nitrogen and oxygen atoms in total. The summed E-state index contributed by atoms with van der Waals surface area (Å²) in [6, 6.07) is 7.52. The number of rotatable bonds is 4. The summed E-state index contributed by atoms with van der Waals surface area (Å²) in [5, 5.41) is 18.3. The minimum Gasteiger partial charge on any atom is -0.496 e. The van der Waals surface area contributed by atoms with E-state index in [-0.39, 0.29) is 12.6 Å². The third kappa shape index (κ3) is 3.24. The van der Waals surface area contributed by atoms with Gasteiger partial charge in [0.2, 0.25) is 0 Å². The fourth-order valence-corrected chi connectivity index (χ4v) is 2.26. The van der Waals surface area contributed by atoms with Crippen molar-refractivity contribution >= 4 is 0 Å². The van der Waals surface area contributed by atoms with E-state index in [1.807, 2.05) is 12.1 Å². The molecule has 0 saturated carbocycles. The van der Waals surface area contributed by atoms with Crippen LogP contribution < -0.4 is 4.74 Å². The Bertz CT molecular complexity index is 470. The summed E-state index contributed by atoms with van der Waals surface area (Å²) in [6.45, 7) is 2.69. The molecule has 19 heavy (non-hydrogen) atoms. The van der Waals surface area contributed by atoms with Crippen LogP contribution in [0.2, 0.25) is 0 Å². The van der Waals surface area contributed by atoms with Gasteiger partial charge in [-0.1, -0.05) is 0 Å². The molecule has 1 aliphatic heterocycles. The molecule has 1 heterocycles. The quantitative estimate of drug-likeness (QED) is 0.867. The number of methoxy groups -OCH3 is 1. The third-order valence-electron chi connectivity index (χ3n) is 3.34. The van der Waals surface area contributed by atoms with Crippen molar-refractivity contribution in [2.24, 2.45) is 0 Å². The predicted octanol–water partition coefficient (Wildman–Crippen LogP) is 0.760. The Balaban J connectivity index is 2.19. The summed E-state index contributed by atoms with van der Waals surface area (Å²) in [5.41, 5.74) is 1.58. The van der Waals surface area contributed by atoms with Gasteiger partial charge in [-0.05, 0) is 18.2 Å². The van der Waals surface area contributed by atoms with Crippen LogP contribution in [0.3, 0.4) is 0 Å². The van der Waals surface area contributed by atoms with E-state index >= 15 is 0 Å². The van der Waals surface area contributed by atoms with Crippen LogP contribution in [-0.4, -0.2) is 49.5 Å². The first-order chi connectivity index (χ1) is 9.28. The van der Waals surface area contributed by atoms with Gasteiger partial charge in [-0.2, -0.15) is 5.26 Å². The maximum absolute atomic E-state index is 9.36. The standard InChI is InChI=1S/C14H18N2O3/c1-18-14-3-2-11(7-15)6-12(14)8-16-4-5-19-10-13(16)9-17/h2-3,6,13,17H,4-5,8-10H2,1H3. The van der Waals surface area contributed by atoms with Crippen molar-refractivity contribution in [1.82, 2.24) is 4.90 Å². The third-order valence-corrected chi connectivity index (χ3v) is 3.34. The van der Waals surface area contributed by atoms with Gasteiger partial charge in [0.25, 0.3) is 0 Å². The second kappa shape index (κ2) is 6.53. The molecular formula is C14H18N2O3. The topological polar surface area (TPSA) is 65.7 Å². The largest absolute Gasteiger partial charge is 0.496 e. The van der Waals surface area contributed by atoms with Crippen LogP contribution in [0.25, 0.3) is 0 Å². The Labute approximate surface area is 113 Å².